The maximum atomic E-state index is 13.6. The highest BCUT2D eigenvalue weighted by Gasteiger charge is 2.37. The number of hydrogen-bond acceptors (Lipinski definition) is 3. The number of carbonyl (C=O) groups is 1. The number of likely N-dealkylation sites (tertiary alicyclic amines) is 1. The van der Waals surface area contributed by atoms with Crippen molar-refractivity contribution in [1.29, 1.82) is 0 Å². The number of fused-ring (bicyclic) bond motifs is 4. The van der Waals surface area contributed by atoms with E-state index in [1.54, 1.807) is 21.7 Å². The second kappa shape index (κ2) is 7.16. The van der Waals surface area contributed by atoms with Gasteiger partial charge in [0.15, 0.2) is 0 Å². The quantitative estimate of drug-likeness (QED) is 0.654. The van der Waals surface area contributed by atoms with E-state index < -0.39 is 11.6 Å². The molecule has 1 saturated heterocycles. The predicted octanol–water partition coefficient (Wildman–Crippen LogP) is 3.45. The van der Waals surface area contributed by atoms with Crippen LogP contribution in [0.25, 0.3) is 11.3 Å². The molecule has 1 aromatic carbocycles. The molecular weight excluding hydrogens is 388 g/mol. The average Bonchev–Trinajstić information content (AvgIpc) is 2.73. The molecular formula is C23H19F2N3O2. The van der Waals surface area contributed by atoms with Gasteiger partial charge in [0.2, 0.25) is 0 Å². The molecule has 0 radical (unpaired) electrons. The van der Waals surface area contributed by atoms with Gasteiger partial charge in [0, 0.05) is 60.7 Å². The lowest BCUT2D eigenvalue weighted by Gasteiger charge is -2.43. The van der Waals surface area contributed by atoms with Gasteiger partial charge < -0.3 is 9.47 Å². The maximum Gasteiger partial charge on any atom is 0.254 e. The van der Waals surface area contributed by atoms with Crippen molar-refractivity contribution in [3.63, 3.8) is 0 Å². The lowest BCUT2D eigenvalue weighted by atomic mass is 9.82. The van der Waals surface area contributed by atoms with Crippen molar-refractivity contribution >= 4 is 5.91 Å². The van der Waals surface area contributed by atoms with Gasteiger partial charge >= 0.3 is 0 Å². The molecule has 2 aliphatic heterocycles. The number of piperidine rings is 1. The normalized spacial score (nSPS) is 20.0. The molecule has 0 aliphatic carbocycles. The molecule has 1 amide bonds. The van der Waals surface area contributed by atoms with Gasteiger partial charge in [-0.25, -0.2) is 8.78 Å². The molecule has 2 atom stereocenters. The molecule has 2 aliphatic rings. The zero-order chi connectivity index (χ0) is 20.8. The van der Waals surface area contributed by atoms with Gasteiger partial charge in [0.25, 0.3) is 11.5 Å². The van der Waals surface area contributed by atoms with E-state index in [-0.39, 0.29) is 28.9 Å². The minimum atomic E-state index is -0.771. The van der Waals surface area contributed by atoms with Crippen LogP contribution < -0.4 is 5.56 Å². The lowest BCUT2D eigenvalue weighted by molar-refractivity contribution is 0.0593. The maximum absolute atomic E-state index is 13.6. The number of halogens is 2. The molecule has 30 heavy (non-hydrogen) atoms. The Morgan fingerprint density at radius 2 is 1.80 bits per heavy atom. The summed E-state index contributed by atoms with van der Waals surface area (Å²) in [5.74, 6) is -1.83. The summed E-state index contributed by atoms with van der Waals surface area (Å²) in [7, 11) is 0. The Labute approximate surface area is 171 Å². The standard InChI is InChI=1S/C23H19F2N3O2/c24-18-6-16(7-19(25)10-18)23(30)27-11-14-5-17(13-27)21-8-15(9-22(29)28(21)12-14)20-3-1-2-4-26-20/h1-4,6-10,14,17H,5,11-13H2/t14-,17+/m0/s1. The summed E-state index contributed by atoms with van der Waals surface area (Å²) in [6.45, 7) is 1.38. The highest BCUT2D eigenvalue weighted by Crippen LogP contribution is 2.36. The summed E-state index contributed by atoms with van der Waals surface area (Å²) in [6, 6.07) is 12.0. The van der Waals surface area contributed by atoms with E-state index in [9.17, 15) is 18.4 Å². The van der Waals surface area contributed by atoms with E-state index >= 15 is 0 Å². The molecule has 0 saturated carbocycles. The van der Waals surface area contributed by atoms with Gasteiger partial charge in [0.1, 0.15) is 11.6 Å². The summed E-state index contributed by atoms with van der Waals surface area (Å²) < 4.78 is 28.9. The third kappa shape index (κ3) is 3.30. The van der Waals surface area contributed by atoms with Crippen LogP contribution >= 0.6 is 0 Å². The van der Waals surface area contributed by atoms with Crippen molar-refractivity contribution in [2.24, 2.45) is 5.92 Å². The Bertz CT molecular complexity index is 1170. The third-order valence-electron chi connectivity index (χ3n) is 5.91. The molecule has 7 heteroatoms. The molecule has 0 N–H and O–H groups in total. The van der Waals surface area contributed by atoms with Crippen molar-refractivity contribution in [1.82, 2.24) is 14.5 Å². The van der Waals surface area contributed by atoms with Gasteiger partial charge in [-0.1, -0.05) is 6.07 Å². The van der Waals surface area contributed by atoms with Crippen LogP contribution in [0, 0.1) is 17.6 Å². The van der Waals surface area contributed by atoms with Crippen LogP contribution in [0.15, 0.2) is 59.5 Å². The Balaban J connectivity index is 1.48. The average molecular weight is 407 g/mol. The molecule has 5 nitrogen and oxygen atoms in total. The van der Waals surface area contributed by atoms with Crippen LogP contribution in [0.5, 0.6) is 0 Å². The van der Waals surface area contributed by atoms with E-state index in [0.29, 0.717) is 19.6 Å². The number of amides is 1. The molecule has 0 unspecified atom stereocenters. The number of pyridine rings is 2. The number of rotatable bonds is 2. The topological polar surface area (TPSA) is 55.2 Å². The van der Waals surface area contributed by atoms with E-state index in [2.05, 4.69) is 4.98 Å². The smallest absolute Gasteiger partial charge is 0.254 e. The Morgan fingerprint density at radius 3 is 2.53 bits per heavy atom. The second-order valence-electron chi connectivity index (χ2n) is 8.00. The van der Waals surface area contributed by atoms with Crippen molar-refractivity contribution < 1.29 is 13.6 Å². The first-order chi connectivity index (χ1) is 14.5. The number of aromatic nitrogens is 2. The second-order valence-corrected chi connectivity index (χ2v) is 8.00. The highest BCUT2D eigenvalue weighted by atomic mass is 19.1. The molecule has 2 aromatic heterocycles. The van der Waals surface area contributed by atoms with Crippen molar-refractivity contribution in [3.8, 4) is 11.3 Å². The molecule has 1 fully saturated rings. The van der Waals surface area contributed by atoms with Crippen LogP contribution in [0.2, 0.25) is 0 Å². The minimum absolute atomic E-state index is 0.00657. The molecule has 4 heterocycles. The summed E-state index contributed by atoms with van der Waals surface area (Å²) in [4.78, 5) is 31.7. The van der Waals surface area contributed by atoms with Crippen LogP contribution in [0.4, 0.5) is 8.78 Å². The molecule has 152 valence electrons. The predicted molar refractivity (Wildman–Crippen MR) is 107 cm³/mol. The van der Waals surface area contributed by atoms with Crippen molar-refractivity contribution in [2.45, 2.75) is 18.9 Å². The first-order valence-corrected chi connectivity index (χ1v) is 9.89. The largest absolute Gasteiger partial charge is 0.338 e. The summed E-state index contributed by atoms with van der Waals surface area (Å²) in [5.41, 5.74) is 2.28. The fourth-order valence-corrected chi connectivity index (χ4v) is 4.67. The van der Waals surface area contributed by atoms with Crippen LogP contribution in [0.3, 0.4) is 0 Å². The summed E-state index contributed by atoms with van der Waals surface area (Å²) >= 11 is 0. The summed E-state index contributed by atoms with van der Waals surface area (Å²) in [6.07, 6.45) is 2.55. The Morgan fingerprint density at radius 1 is 1.00 bits per heavy atom. The molecule has 3 aromatic rings. The van der Waals surface area contributed by atoms with Gasteiger partial charge in [-0.3, -0.25) is 14.6 Å². The third-order valence-corrected chi connectivity index (χ3v) is 5.91. The first-order valence-electron chi connectivity index (χ1n) is 9.89. The molecule has 2 bridgehead atoms. The number of nitrogens with zero attached hydrogens (tertiary/aromatic N) is 3. The Kier molecular flexibility index (Phi) is 4.46. The van der Waals surface area contributed by atoms with Gasteiger partial charge in [-0.05, 0) is 42.7 Å². The van der Waals surface area contributed by atoms with E-state index in [1.807, 2.05) is 24.3 Å². The number of carbonyl (C=O) groups excluding carboxylic acids is 1. The number of hydrogen-bond donors (Lipinski definition) is 0. The van der Waals surface area contributed by atoms with Crippen molar-refractivity contribution in [2.75, 3.05) is 13.1 Å². The molecule has 0 spiro atoms. The van der Waals surface area contributed by atoms with E-state index in [1.165, 1.54) is 0 Å². The Hall–Kier alpha value is -3.35. The fourth-order valence-electron chi connectivity index (χ4n) is 4.67. The summed E-state index contributed by atoms with van der Waals surface area (Å²) in [5, 5.41) is 0. The monoisotopic (exact) mass is 407 g/mol. The van der Waals surface area contributed by atoms with Crippen LogP contribution in [-0.2, 0) is 6.54 Å². The zero-order valence-corrected chi connectivity index (χ0v) is 16.1. The highest BCUT2D eigenvalue weighted by molar-refractivity contribution is 5.94. The minimum Gasteiger partial charge on any atom is -0.338 e. The van der Waals surface area contributed by atoms with Gasteiger partial charge in [-0.15, -0.1) is 0 Å². The lowest BCUT2D eigenvalue weighted by Crippen LogP contribution is -2.49. The van der Waals surface area contributed by atoms with Crippen LogP contribution in [0.1, 0.15) is 28.4 Å². The van der Waals surface area contributed by atoms with Crippen molar-refractivity contribution in [3.05, 3.63) is 88.0 Å². The van der Waals surface area contributed by atoms with Gasteiger partial charge in [0.05, 0.1) is 5.69 Å². The first kappa shape index (κ1) is 18.7. The van der Waals surface area contributed by atoms with E-state index in [0.717, 1.165) is 41.6 Å². The fraction of sp³-hybridized carbons (Fsp3) is 0.261. The number of benzene rings is 1. The SMILES string of the molecule is O=C(c1cc(F)cc(F)c1)N1C[C@@H]2C[C@H](C1)c1cc(-c3ccccn3)cc(=O)n1C2. The van der Waals surface area contributed by atoms with Gasteiger partial charge in [-0.2, -0.15) is 0 Å². The zero-order valence-electron chi connectivity index (χ0n) is 16.1. The molecule has 5 rings (SSSR count). The van der Waals surface area contributed by atoms with Crippen LogP contribution in [-0.4, -0.2) is 33.4 Å². The van der Waals surface area contributed by atoms with E-state index in [4.69, 9.17) is 0 Å².